The van der Waals surface area contributed by atoms with Gasteiger partial charge in [-0.25, -0.2) is 0 Å². The third kappa shape index (κ3) is 3.22. The lowest BCUT2D eigenvalue weighted by Gasteiger charge is -2.54. The number of hydrogen-bond donors (Lipinski definition) is 2. The lowest BCUT2D eigenvalue weighted by molar-refractivity contribution is -0.177. The van der Waals surface area contributed by atoms with Crippen LogP contribution in [0.15, 0.2) is 65.8 Å². The van der Waals surface area contributed by atoms with Gasteiger partial charge in [-0.1, -0.05) is 61.5 Å². The number of allylic oxidation sites excluding steroid dienone is 1. The summed E-state index contributed by atoms with van der Waals surface area (Å²) in [6.07, 6.45) is 14.3. The lowest BCUT2D eigenvalue weighted by atomic mass is 9.58. The van der Waals surface area contributed by atoms with Crippen molar-refractivity contribution in [2.45, 2.75) is 87.1 Å². The third-order valence-corrected chi connectivity index (χ3v) is 11.3. The zero-order valence-corrected chi connectivity index (χ0v) is 22.0. The van der Waals surface area contributed by atoms with Crippen LogP contribution in [0.5, 0.6) is 0 Å². The van der Waals surface area contributed by atoms with E-state index in [2.05, 4.69) is 66.9 Å². The second-order valence-corrected chi connectivity index (χ2v) is 13.4. The molecule has 2 aromatic rings. The molecule has 4 heteroatoms. The predicted molar refractivity (Wildman–Crippen MR) is 145 cm³/mol. The summed E-state index contributed by atoms with van der Waals surface area (Å²) in [5.74, 6) is 1.14. The maximum atomic E-state index is 10.5. The van der Waals surface area contributed by atoms with Crippen LogP contribution in [0.25, 0.3) is 10.8 Å². The molecule has 2 spiro atoms. The molecule has 2 N–H and O–H groups in total. The molecule has 2 saturated heterocycles. The van der Waals surface area contributed by atoms with Crippen molar-refractivity contribution in [2.75, 3.05) is 19.8 Å². The molecule has 4 nitrogen and oxygen atoms in total. The molecule has 0 aromatic heterocycles. The Labute approximate surface area is 220 Å². The van der Waals surface area contributed by atoms with E-state index in [4.69, 9.17) is 9.47 Å². The molecule has 3 aliphatic heterocycles. The molecule has 194 valence electrons. The van der Waals surface area contributed by atoms with Crippen molar-refractivity contribution in [3.05, 3.63) is 71.3 Å². The summed E-state index contributed by atoms with van der Waals surface area (Å²) in [5.41, 5.74) is 3.84. The Balaban J connectivity index is 1.09. The smallest absolute Gasteiger partial charge is 0.123 e. The summed E-state index contributed by atoms with van der Waals surface area (Å²) in [6.45, 7) is 4.09. The number of benzene rings is 2. The third-order valence-electron chi connectivity index (χ3n) is 11.3. The molecular formula is C33H39NO3. The predicted octanol–water partition coefficient (Wildman–Crippen LogP) is 5.80. The molecule has 8 rings (SSSR count). The van der Waals surface area contributed by atoms with E-state index in [1.807, 2.05) is 0 Å². The van der Waals surface area contributed by atoms with E-state index in [9.17, 15) is 5.11 Å². The zero-order valence-electron chi connectivity index (χ0n) is 22.0. The molecule has 3 heterocycles. The summed E-state index contributed by atoms with van der Waals surface area (Å²) < 4.78 is 12.7. The van der Waals surface area contributed by atoms with E-state index in [0.717, 1.165) is 38.5 Å². The van der Waals surface area contributed by atoms with Gasteiger partial charge in [0.25, 0.3) is 0 Å². The quantitative estimate of drug-likeness (QED) is 0.561. The van der Waals surface area contributed by atoms with Crippen LogP contribution in [0.4, 0.5) is 0 Å². The van der Waals surface area contributed by atoms with E-state index in [-0.39, 0.29) is 16.6 Å². The molecule has 2 bridgehead atoms. The number of rotatable bonds is 4. The topological polar surface area (TPSA) is 50.7 Å². The van der Waals surface area contributed by atoms with Crippen molar-refractivity contribution in [1.82, 2.24) is 5.32 Å². The van der Waals surface area contributed by atoms with Gasteiger partial charge in [0, 0.05) is 12.6 Å². The minimum absolute atomic E-state index is 0.120. The van der Waals surface area contributed by atoms with Crippen LogP contribution in [0.2, 0.25) is 0 Å². The minimum atomic E-state index is -0.680. The Kier molecular flexibility index (Phi) is 4.83. The van der Waals surface area contributed by atoms with E-state index in [0.29, 0.717) is 37.6 Å². The van der Waals surface area contributed by atoms with Crippen LogP contribution in [0.1, 0.15) is 69.8 Å². The summed E-state index contributed by atoms with van der Waals surface area (Å²) in [4.78, 5) is 0. The van der Waals surface area contributed by atoms with Crippen LogP contribution < -0.4 is 5.32 Å². The van der Waals surface area contributed by atoms with Gasteiger partial charge < -0.3 is 19.9 Å². The van der Waals surface area contributed by atoms with Crippen LogP contribution in [0.3, 0.4) is 0 Å². The highest BCUT2D eigenvalue weighted by Crippen LogP contribution is 2.69. The van der Waals surface area contributed by atoms with E-state index < -0.39 is 5.60 Å². The zero-order chi connectivity index (χ0) is 24.9. The second-order valence-electron chi connectivity index (χ2n) is 13.4. The van der Waals surface area contributed by atoms with Crippen molar-refractivity contribution >= 4 is 10.8 Å². The number of fused-ring (bicyclic) bond motifs is 2. The minimum Gasteiger partial charge on any atom is -0.384 e. The number of ether oxygens (including phenoxy) is 2. The normalized spacial score (nSPS) is 41.3. The standard InChI is InChI=1S/C33H39NO3/c1-30-13-12-26-17-25-8-9-27(34-19-31(35)20-36-21-31)18-32(25)14-15-33(26,37-32)29(30)11-10-28(30)24-7-6-22-4-2-3-5-23(22)16-24/h2-7,12,16-17,27-29,34-35H,8-11,13-15,18-21H2,1H3/t27-,28+,29+,30+,32?,33+/m0/s1. The molecule has 6 aliphatic rings. The maximum Gasteiger partial charge on any atom is 0.123 e. The van der Waals surface area contributed by atoms with Gasteiger partial charge in [0.1, 0.15) is 5.60 Å². The first kappa shape index (κ1) is 23.0. The van der Waals surface area contributed by atoms with E-state index >= 15 is 0 Å². The van der Waals surface area contributed by atoms with Gasteiger partial charge in [-0.2, -0.15) is 0 Å². The molecule has 2 saturated carbocycles. The fraction of sp³-hybridized carbons (Fsp3) is 0.576. The highest BCUT2D eigenvalue weighted by atomic mass is 16.5. The molecule has 6 atom stereocenters. The molecule has 0 radical (unpaired) electrons. The molecule has 1 unspecified atom stereocenters. The Hall–Kier alpha value is -1.98. The molecule has 2 aromatic carbocycles. The summed E-state index contributed by atoms with van der Waals surface area (Å²) in [5, 5.41) is 16.9. The van der Waals surface area contributed by atoms with Gasteiger partial charge >= 0.3 is 0 Å². The van der Waals surface area contributed by atoms with Crippen molar-refractivity contribution < 1.29 is 14.6 Å². The van der Waals surface area contributed by atoms with Crippen molar-refractivity contribution in [3.63, 3.8) is 0 Å². The van der Waals surface area contributed by atoms with Crippen molar-refractivity contribution in [2.24, 2.45) is 11.3 Å². The Morgan fingerprint density at radius 1 is 1.03 bits per heavy atom. The van der Waals surface area contributed by atoms with E-state index in [1.54, 1.807) is 0 Å². The van der Waals surface area contributed by atoms with Gasteiger partial charge in [-0.3, -0.25) is 0 Å². The fourth-order valence-corrected chi connectivity index (χ4v) is 9.33. The summed E-state index contributed by atoms with van der Waals surface area (Å²) in [6, 6.07) is 16.3. The SMILES string of the molecule is C[C@]12CC=C3C=C4CC[C@H](NCC5(O)COC5)CC45CC[C@]3(O5)[C@@H]1CC[C@@H]2c1ccc2ccccc2c1. The van der Waals surface area contributed by atoms with E-state index in [1.165, 1.54) is 40.3 Å². The van der Waals surface area contributed by atoms with Crippen LogP contribution >= 0.6 is 0 Å². The van der Waals surface area contributed by atoms with Gasteiger partial charge in [-0.15, -0.1) is 0 Å². The highest BCUT2D eigenvalue weighted by Gasteiger charge is 2.66. The average Bonchev–Trinajstić information content (AvgIpc) is 3.41. The monoisotopic (exact) mass is 497 g/mol. The largest absolute Gasteiger partial charge is 0.384 e. The lowest BCUT2D eigenvalue weighted by Crippen LogP contribution is -2.59. The summed E-state index contributed by atoms with van der Waals surface area (Å²) in [7, 11) is 0. The van der Waals surface area contributed by atoms with Gasteiger partial charge in [0.05, 0.1) is 24.4 Å². The Bertz CT molecular complexity index is 1330. The van der Waals surface area contributed by atoms with Crippen molar-refractivity contribution in [1.29, 1.82) is 0 Å². The molecular weight excluding hydrogens is 458 g/mol. The van der Waals surface area contributed by atoms with Crippen molar-refractivity contribution in [3.8, 4) is 0 Å². The summed E-state index contributed by atoms with van der Waals surface area (Å²) >= 11 is 0. The number of hydrogen-bond acceptors (Lipinski definition) is 4. The molecule has 3 aliphatic carbocycles. The first-order valence-electron chi connectivity index (χ1n) is 14.6. The fourth-order valence-electron chi connectivity index (χ4n) is 9.33. The van der Waals surface area contributed by atoms with Gasteiger partial charge in [-0.05, 0) is 96.1 Å². The Morgan fingerprint density at radius 3 is 2.73 bits per heavy atom. The Morgan fingerprint density at radius 2 is 1.89 bits per heavy atom. The van der Waals surface area contributed by atoms with Crippen LogP contribution in [-0.2, 0) is 9.47 Å². The van der Waals surface area contributed by atoms with Crippen LogP contribution in [-0.4, -0.2) is 47.7 Å². The molecule has 4 fully saturated rings. The average molecular weight is 498 g/mol. The second kappa shape index (κ2) is 7.79. The van der Waals surface area contributed by atoms with Gasteiger partial charge in [0.2, 0.25) is 0 Å². The number of aliphatic hydroxyl groups is 1. The van der Waals surface area contributed by atoms with Gasteiger partial charge in [0.15, 0.2) is 0 Å². The molecule has 0 amide bonds. The first-order valence-corrected chi connectivity index (χ1v) is 14.6. The highest BCUT2D eigenvalue weighted by molar-refractivity contribution is 5.83. The maximum absolute atomic E-state index is 10.5. The number of nitrogens with one attached hydrogen (secondary N) is 1. The first-order chi connectivity index (χ1) is 17.9. The van der Waals surface area contributed by atoms with Crippen LogP contribution in [0, 0.1) is 11.3 Å². The molecule has 37 heavy (non-hydrogen) atoms.